The topological polar surface area (TPSA) is 27.8 Å². The Hall–Kier alpha value is -1.28. The zero-order valence-corrected chi connectivity index (χ0v) is 10.2. The van der Waals surface area contributed by atoms with E-state index >= 15 is 0 Å². The lowest BCUT2D eigenvalue weighted by Gasteiger charge is -2.04. The van der Waals surface area contributed by atoms with Crippen molar-refractivity contribution in [3.63, 3.8) is 0 Å². The molecule has 0 aliphatic heterocycles. The van der Waals surface area contributed by atoms with E-state index < -0.39 is 0 Å². The second-order valence-electron chi connectivity index (χ2n) is 5.16. The fourth-order valence-corrected chi connectivity index (χ4v) is 2.37. The first-order valence-electron chi connectivity index (χ1n) is 6.68. The first-order chi connectivity index (χ1) is 8.42. The number of benzene rings is 1. The predicted octanol–water partition coefficient (Wildman–Crippen LogP) is 3.45. The highest BCUT2D eigenvalue weighted by Gasteiger charge is 2.19. The first kappa shape index (κ1) is 10.8. The van der Waals surface area contributed by atoms with Crippen molar-refractivity contribution in [3.8, 4) is 0 Å². The summed E-state index contributed by atoms with van der Waals surface area (Å²) in [7, 11) is 0. The Morgan fingerprint density at radius 1 is 1.24 bits per heavy atom. The Balaban J connectivity index is 1.46. The fraction of sp³-hybridized carbons (Fsp3) is 0.467. The number of H-pyrrole nitrogens is 1. The Labute approximate surface area is 102 Å². The average Bonchev–Trinajstić information content (AvgIpc) is 3.05. The minimum Gasteiger partial charge on any atom is -0.361 e. The molecule has 0 atom stereocenters. The van der Waals surface area contributed by atoms with Gasteiger partial charge in [0.1, 0.15) is 0 Å². The van der Waals surface area contributed by atoms with Crippen molar-refractivity contribution in [3.05, 3.63) is 36.0 Å². The highest BCUT2D eigenvalue weighted by Crippen LogP contribution is 2.33. The van der Waals surface area contributed by atoms with Gasteiger partial charge in [-0.1, -0.05) is 18.9 Å². The maximum absolute atomic E-state index is 3.53. The van der Waals surface area contributed by atoms with Crippen LogP contribution < -0.4 is 5.32 Å². The third-order valence-electron chi connectivity index (χ3n) is 3.61. The van der Waals surface area contributed by atoms with Gasteiger partial charge in [0.15, 0.2) is 0 Å². The maximum atomic E-state index is 3.53. The van der Waals surface area contributed by atoms with Crippen molar-refractivity contribution in [2.24, 2.45) is 5.92 Å². The van der Waals surface area contributed by atoms with Crippen molar-refractivity contribution >= 4 is 10.9 Å². The SMILES string of the molecule is c1cc2cc(CNCCCC3CC3)ccc2[nH]1. The number of hydrogen-bond acceptors (Lipinski definition) is 1. The molecule has 1 aromatic carbocycles. The van der Waals surface area contributed by atoms with Crippen LogP contribution in [0.25, 0.3) is 10.9 Å². The Morgan fingerprint density at radius 3 is 3.06 bits per heavy atom. The number of hydrogen-bond donors (Lipinski definition) is 2. The lowest BCUT2D eigenvalue weighted by Crippen LogP contribution is -2.14. The summed E-state index contributed by atoms with van der Waals surface area (Å²) < 4.78 is 0. The third-order valence-corrected chi connectivity index (χ3v) is 3.61. The largest absolute Gasteiger partial charge is 0.361 e. The van der Waals surface area contributed by atoms with Crippen LogP contribution in [0.5, 0.6) is 0 Å². The van der Waals surface area contributed by atoms with E-state index in [-0.39, 0.29) is 0 Å². The Morgan fingerprint density at radius 2 is 2.18 bits per heavy atom. The molecule has 0 unspecified atom stereocenters. The van der Waals surface area contributed by atoms with Crippen molar-refractivity contribution in [1.29, 1.82) is 0 Å². The smallest absolute Gasteiger partial charge is 0.0454 e. The summed E-state index contributed by atoms with van der Waals surface area (Å²) in [6, 6.07) is 8.76. The molecule has 0 spiro atoms. The zero-order chi connectivity index (χ0) is 11.5. The predicted molar refractivity (Wildman–Crippen MR) is 72.0 cm³/mol. The van der Waals surface area contributed by atoms with E-state index in [2.05, 4.69) is 34.6 Å². The first-order valence-corrected chi connectivity index (χ1v) is 6.68. The third kappa shape index (κ3) is 2.89. The second kappa shape index (κ2) is 4.92. The molecular formula is C15H20N2. The molecule has 2 nitrogen and oxygen atoms in total. The summed E-state index contributed by atoms with van der Waals surface area (Å²) >= 11 is 0. The van der Waals surface area contributed by atoms with Crippen molar-refractivity contribution in [2.45, 2.75) is 32.2 Å². The molecule has 2 heteroatoms. The Bertz CT molecular complexity index is 482. The summed E-state index contributed by atoms with van der Waals surface area (Å²) in [5.74, 6) is 1.06. The van der Waals surface area contributed by atoms with Gasteiger partial charge >= 0.3 is 0 Å². The van der Waals surface area contributed by atoms with Gasteiger partial charge < -0.3 is 10.3 Å². The summed E-state index contributed by atoms with van der Waals surface area (Å²) in [5, 5.41) is 4.84. The van der Waals surface area contributed by atoms with Crippen molar-refractivity contribution < 1.29 is 0 Å². The maximum Gasteiger partial charge on any atom is 0.0454 e. The molecule has 17 heavy (non-hydrogen) atoms. The molecule has 1 fully saturated rings. The molecule has 0 radical (unpaired) electrons. The van der Waals surface area contributed by atoms with E-state index in [1.807, 2.05) is 6.20 Å². The van der Waals surface area contributed by atoms with E-state index in [0.717, 1.165) is 19.0 Å². The summed E-state index contributed by atoms with van der Waals surface area (Å²) in [6.45, 7) is 2.15. The Kier molecular flexibility index (Phi) is 3.14. The van der Waals surface area contributed by atoms with Gasteiger partial charge in [0.05, 0.1) is 0 Å². The lowest BCUT2D eigenvalue weighted by molar-refractivity contribution is 0.594. The fourth-order valence-electron chi connectivity index (χ4n) is 2.37. The summed E-state index contributed by atoms with van der Waals surface area (Å²) in [6.07, 6.45) is 7.70. The molecule has 1 aliphatic carbocycles. The number of rotatable bonds is 6. The quantitative estimate of drug-likeness (QED) is 0.728. The zero-order valence-electron chi connectivity index (χ0n) is 10.2. The van der Waals surface area contributed by atoms with Gasteiger partial charge in [-0.2, -0.15) is 0 Å². The van der Waals surface area contributed by atoms with Gasteiger partial charge in [0.25, 0.3) is 0 Å². The van der Waals surface area contributed by atoms with E-state index in [1.54, 1.807) is 0 Å². The summed E-state index contributed by atoms with van der Waals surface area (Å²) in [4.78, 5) is 3.22. The average molecular weight is 228 g/mol. The monoisotopic (exact) mass is 228 g/mol. The molecule has 3 rings (SSSR count). The normalized spacial score (nSPS) is 15.5. The van der Waals surface area contributed by atoms with Crippen LogP contribution in [-0.2, 0) is 6.54 Å². The summed E-state index contributed by atoms with van der Waals surface area (Å²) in [5.41, 5.74) is 2.60. The van der Waals surface area contributed by atoms with Crippen LogP contribution in [0.1, 0.15) is 31.2 Å². The van der Waals surface area contributed by atoms with Crippen LogP contribution >= 0.6 is 0 Å². The second-order valence-corrected chi connectivity index (χ2v) is 5.16. The van der Waals surface area contributed by atoms with Crippen LogP contribution in [0.15, 0.2) is 30.5 Å². The molecular weight excluding hydrogens is 208 g/mol. The standard InChI is InChI=1S/C15H20N2/c1(2-12-3-4-12)8-16-11-13-5-6-15-14(10-13)7-9-17-15/h5-7,9-10,12,16-17H,1-4,8,11H2. The van der Waals surface area contributed by atoms with Gasteiger partial charge in [-0.25, -0.2) is 0 Å². The van der Waals surface area contributed by atoms with Crippen molar-refractivity contribution in [1.82, 2.24) is 10.3 Å². The van der Waals surface area contributed by atoms with Gasteiger partial charge in [0, 0.05) is 18.3 Å². The molecule has 2 aromatic rings. The number of fused-ring (bicyclic) bond motifs is 1. The highest BCUT2D eigenvalue weighted by atomic mass is 14.8. The van der Waals surface area contributed by atoms with Crippen molar-refractivity contribution in [2.75, 3.05) is 6.54 Å². The van der Waals surface area contributed by atoms with Crippen LogP contribution in [0.2, 0.25) is 0 Å². The van der Waals surface area contributed by atoms with Crippen LogP contribution in [-0.4, -0.2) is 11.5 Å². The molecule has 0 saturated heterocycles. The molecule has 0 bridgehead atoms. The van der Waals surface area contributed by atoms with Crippen LogP contribution in [0.4, 0.5) is 0 Å². The van der Waals surface area contributed by atoms with Crippen LogP contribution in [0, 0.1) is 5.92 Å². The van der Waals surface area contributed by atoms with Gasteiger partial charge in [-0.15, -0.1) is 0 Å². The number of nitrogens with one attached hydrogen (secondary N) is 2. The number of aromatic amines is 1. The van der Waals surface area contributed by atoms with Gasteiger partial charge in [-0.05, 0) is 54.5 Å². The van der Waals surface area contributed by atoms with E-state index in [1.165, 1.54) is 42.1 Å². The molecule has 2 N–H and O–H groups in total. The molecule has 1 aromatic heterocycles. The molecule has 0 amide bonds. The highest BCUT2D eigenvalue weighted by molar-refractivity contribution is 5.79. The molecule has 90 valence electrons. The molecule has 1 aliphatic rings. The van der Waals surface area contributed by atoms with Gasteiger partial charge in [0.2, 0.25) is 0 Å². The van der Waals surface area contributed by atoms with Crippen LogP contribution in [0.3, 0.4) is 0 Å². The van der Waals surface area contributed by atoms with E-state index in [4.69, 9.17) is 0 Å². The molecule has 1 saturated carbocycles. The lowest BCUT2D eigenvalue weighted by atomic mass is 10.1. The van der Waals surface area contributed by atoms with Gasteiger partial charge in [-0.3, -0.25) is 0 Å². The minimum absolute atomic E-state index is 0.992. The molecule has 1 heterocycles. The minimum atomic E-state index is 0.992. The number of aromatic nitrogens is 1. The van der Waals surface area contributed by atoms with E-state index in [0.29, 0.717) is 0 Å². The van der Waals surface area contributed by atoms with E-state index in [9.17, 15) is 0 Å².